The van der Waals surface area contributed by atoms with Crippen LogP contribution in [0.3, 0.4) is 0 Å². The lowest BCUT2D eigenvalue weighted by Crippen LogP contribution is -2.54. The highest BCUT2D eigenvalue weighted by atomic mass is 79.9. The summed E-state index contributed by atoms with van der Waals surface area (Å²) in [4.78, 5) is 63.1. The third-order valence-corrected chi connectivity index (χ3v) is 6.30. The first-order valence-electron chi connectivity index (χ1n) is 11.8. The van der Waals surface area contributed by atoms with Gasteiger partial charge >= 0.3 is 12.0 Å². The van der Waals surface area contributed by atoms with E-state index in [1.54, 1.807) is 6.07 Å². The van der Waals surface area contributed by atoms with E-state index in [0.29, 0.717) is 10.0 Å². The van der Waals surface area contributed by atoms with Crippen LogP contribution in [0.25, 0.3) is 6.08 Å². The number of amides is 5. The van der Waals surface area contributed by atoms with Crippen molar-refractivity contribution < 1.29 is 42.6 Å². The molecule has 0 unspecified atom stereocenters. The number of barbiturate groups is 1. The molecule has 0 radical (unpaired) electrons. The smallest absolute Gasteiger partial charge is 0.337 e. The van der Waals surface area contributed by atoms with Gasteiger partial charge in [0.05, 0.1) is 35.6 Å². The van der Waals surface area contributed by atoms with Crippen LogP contribution in [0.15, 0.2) is 70.7 Å². The molecule has 1 aliphatic rings. The Hall–Kier alpha value is -5.04. The summed E-state index contributed by atoms with van der Waals surface area (Å²) in [5, 5.41) is 4.52. The van der Waals surface area contributed by atoms with Crippen molar-refractivity contribution >= 4 is 63.1 Å². The Labute approximate surface area is 241 Å². The molecule has 1 saturated heterocycles. The van der Waals surface area contributed by atoms with Crippen LogP contribution in [0, 0.1) is 5.82 Å². The predicted molar refractivity (Wildman–Crippen MR) is 148 cm³/mol. The van der Waals surface area contributed by atoms with Gasteiger partial charge in [-0.3, -0.25) is 19.7 Å². The summed E-state index contributed by atoms with van der Waals surface area (Å²) in [6.45, 7) is -0.476. The first kappa shape index (κ1) is 29.0. The molecule has 0 aromatic heterocycles. The number of carbonyl (C=O) groups is 5. The van der Waals surface area contributed by atoms with E-state index in [9.17, 15) is 28.4 Å². The van der Waals surface area contributed by atoms with Gasteiger partial charge in [-0.05, 0) is 76.1 Å². The number of hydrogen-bond acceptors (Lipinski definition) is 8. The predicted octanol–water partition coefficient (Wildman–Crippen LogP) is 4.07. The number of nitrogens with one attached hydrogen (secondary N) is 2. The first-order valence-corrected chi connectivity index (χ1v) is 12.6. The molecule has 1 aliphatic heterocycles. The van der Waals surface area contributed by atoms with Crippen molar-refractivity contribution in [3.8, 4) is 11.5 Å². The number of imide groups is 2. The number of benzene rings is 3. The molecule has 3 aromatic carbocycles. The van der Waals surface area contributed by atoms with Gasteiger partial charge in [0.25, 0.3) is 17.7 Å². The fraction of sp³-hybridized carbons (Fsp3) is 0.107. The SMILES string of the molecule is COC(=O)c1ccc(N2C(=O)NC(=O)/C(=C/c3cc(Br)c(OCC(=O)Nc4ccccc4F)c(OC)c3)C2=O)cc1. The Morgan fingerprint density at radius 1 is 1.05 bits per heavy atom. The number of esters is 1. The number of methoxy groups -OCH3 is 2. The molecule has 41 heavy (non-hydrogen) atoms. The van der Waals surface area contributed by atoms with Crippen molar-refractivity contribution in [3.05, 3.63) is 87.7 Å². The van der Waals surface area contributed by atoms with Crippen LogP contribution in [0.4, 0.5) is 20.6 Å². The van der Waals surface area contributed by atoms with Gasteiger partial charge in [0.15, 0.2) is 18.1 Å². The molecule has 0 atom stereocenters. The Balaban J connectivity index is 1.56. The van der Waals surface area contributed by atoms with Crippen LogP contribution in [0.1, 0.15) is 15.9 Å². The van der Waals surface area contributed by atoms with Crippen LogP contribution < -0.4 is 25.0 Å². The van der Waals surface area contributed by atoms with E-state index in [2.05, 4.69) is 31.3 Å². The molecule has 3 aromatic rings. The summed E-state index contributed by atoms with van der Waals surface area (Å²) in [5.41, 5.74) is 0.294. The molecule has 210 valence electrons. The number of carbonyl (C=O) groups excluding carboxylic acids is 5. The average Bonchev–Trinajstić information content (AvgIpc) is 2.95. The fourth-order valence-electron chi connectivity index (χ4n) is 3.77. The maximum Gasteiger partial charge on any atom is 0.337 e. The van der Waals surface area contributed by atoms with Gasteiger partial charge in [0.2, 0.25) is 0 Å². The Morgan fingerprint density at radius 3 is 2.41 bits per heavy atom. The summed E-state index contributed by atoms with van der Waals surface area (Å²) < 4.78 is 29.7. The van der Waals surface area contributed by atoms with E-state index >= 15 is 0 Å². The molecule has 5 amide bonds. The minimum atomic E-state index is -0.959. The molecule has 13 heteroatoms. The normalized spacial score (nSPS) is 14.0. The minimum absolute atomic E-state index is 0.00328. The van der Waals surface area contributed by atoms with E-state index < -0.39 is 42.1 Å². The number of urea groups is 1. The molecule has 0 aliphatic carbocycles. The van der Waals surface area contributed by atoms with Crippen LogP contribution in [-0.4, -0.2) is 50.5 Å². The highest BCUT2D eigenvalue weighted by Crippen LogP contribution is 2.37. The highest BCUT2D eigenvalue weighted by Gasteiger charge is 2.37. The van der Waals surface area contributed by atoms with Gasteiger partial charge < -0.3 is 19.5 Å². The monoisotopic (exact) mass is 625 g/mol. The molecule has 1 fully saturated rings. The second-order valence-corrected chi connectivity index (χ2v) is 9.20. The number of halogens is 2. The van der Waals surface area contributed by atoms with Gasteiger partial charge in [-0.2, -0.15) is 0 Å². The Kier molecular flexibility index (Phi) is 8.78. The molecular formula is C28H21BrFN3O8. The lowest BCUT2D eigenvalue weighted by atomic mass is 10.1. The van der Waals surface area contributed by atoms with E-state index in [1.807, 2.05) is 0 Å². The van der Waals surface area contributed by atoms with Crippen molar-refractivity contribution in [1.82, 2.24) is 5.32 Å². The number of nitrogens with zero attached hydrogens (tertiary/aromatic N) is 1. The second kappa shape index (κ2) is 12.4. The molecule has 0 saturated carbocycles. The fourth-order valence-corrected chi connectivity index (χ4v) is 4.35. The molecule has 0 spiro atoms. The number of ether oxygens (including phenoxy) is 3. The Morgan fingerprint density at radius 2 is 1.76 bits per heavy atom. The largest absolute Gasteiger partial charge is 0.493 e. The number of para-hydroxylation sites is 1. The van der Waals surface area contributed by atoms with E-state index in [-0.39, 0.29) is 34.0 Å². The van der Waals surface area contributed by atoms with Gasteiger partial charge in [0.1, 0.15) is 11.4 Å². The second-order valence-electron chi connectivity index (χ2n) is 8.35. The van der Waals surface area contributed by atoms with Crippen molar-refractivity contribution in [2.45, 2.75) is 0 Å². The van der Waals surface area contributed by atoms with Crippen molar-refractivity contribution in [1.29, 1.82) is 0 Å². The van der Waals surface area contributed by atoms with Crippen LogP contribution >= 0.6 is 15.9 Å². The number of hydrogen-bond donors (Lipinski definition) is 2. The topological polar surface area (TPSA) is 140 Å². The number of rotatable bonds is 8. The number of anilines is 2. The lowest BCUT2D eigenvalue weighted by molar-refractivity contribution is -0.122. The third-order valence-electron chi connectivity index (χ3n) is 5.71. The summed E-state index contributed by atoms with van der Waals surface area (Å²) >= 11 is 3.33. The van der Waals surface area contributed by atoms with Crippen LogP contribution in [0.2, 0.25) is 0 Å². The van der Waals surface area contributed by atoms with Gasteiger partial charge in [-0.1, -0.05) is 12.1 Å². The minimum Gasteiger partial charge on any atom is -0.493 e. The van der Waals surface area contributed by atoms with Crippen LogP contribution in [-0.2, 0) is 19.1 Å². The van der Waals surface area contributed by atoms with Crippen molar-refractivity contribution in [3.63, 3.8) is 0 Å². The Bertz CT molecular complexity index is 1590. The molecule has 11 nitrogen and oxygen atoms in total. The lowest BCUT2D eigenvalue weighted by Gasteiger charge is -2.26. The maximum absolute atomic E-state index is 13.8. The van der Waals surface area contributed by atoms with Gasteiger partial charge in [-0.25, -0.2) is 18.9 Å². The summed E-state index contributed by atoms with van der Waals surface area (Å²) in [7, 11) is 2.57. The van der Waals surface area contributed by atoms with Gasteiger partial charge in [-0.15, -0.1) is 0 Å². The van der Waals surface area contributed by atoms with Crippen LogP contribution in [0.5, 0.6) is 11.5 Å². The van der Waals surface area contributed by atoms with Gasteiger partial charge in [0, 0.05) is 0 Å². The summed E-state index contributed by atoms with van der Waals surface area (Å²) in [6, 6.07) is 13.1. The summed E-state index contributed by atoms with van der Waals surface area (Å²) in [5.74, 6) is -3.34. The highest BCUT2D eigenvalue weighted by molar-refractivity contribution is 9.10. The molecule has 4 rings (SSSR count). The maximum atomic E-state index is 13.8. The molecular weight excluding hydrogens is 605 g/mol. The van der Waals surface area contributed by atoms with E-state index in [1.165, 1.54) is 74.9 Å². The molecule has 2 N–H and O–H groups in total. The van der Waals surface area contributed by atoms with Crippen molar-refractivity contribution in [2.24, 2.45) is 0 Å². The summed E-state index contributed by atoms with van der Waals surface area (Å²) in [6.07, 6.45) is 1.25. The molecule has 0 bridgehead atoms. The molecule has 1 heterocycles. The van der Waals surface area contributed by atoms with E-state index in [0.717, 1.165) is 4.90 Å². The zero-order valence-electron chi connectivity index (χ0n) is 21.5. The van der Waals surface area contributed by atoms with Crippen molar-refractivity contribution in [2.75, 3.05) is 31.0 Å². The average molecular weight is 626 g/mol. The quantitative estimate of drug-likeness (QED) is 0.217. The zero-order chi connectivity index (χ0) is 29.7. The first-order chi connectivity index (χ1) is 19.6. The zero-order valence-corrected chi connectivity index (χ0v) is 23.1. The standard InChI is InChI=1S/C28H21BrFN3O8/c1-39-22-13-15(12-19(29)24(22)41-14-23(34)31-21-6-4-3-5-20(21)30)11-18-25(35)32-28(38)33(26(18)36)17-9-7-16(8-10-17)27(37)40-2/h3-13H,14H2,1-2H3,(H,31,34)(H,32,35,38)/b18-11-. The third kappa shape index (κ3) is 6.41. The van der Waals surface area contributed by atoms with E-state index in [4.69, 9.17) is 9.47 Å².